The predicted molar refractivity (Wildman–Crippen MR) is 92.0 cm³/mol. The van der Waals surface area contributed by atoms with Crippen LogP contribution in [0.5, 0.6) is 0 Å². The first-order valence-electron chi connectivity index (χ1n) is 6.88. The van der Waals surface area contributed by atoms with Gasteiger partial charge in [0.15, 0.2) is 5.11 Å². The number of aryl methyl sites for hydroxylation is 1. The van der Waals surface area contributed by atoms with Gasteiger partial charge < -0.3 is 15.4 Å². The summed E-state index contributed by atoms with van der Waals surface area (Å²) in [6, 6.07) is 15.3. The van der Waals surface area contributed by atoms with Crippen LogP contribution in [0.1, 0.15) is 21.5 Å². The summed E-state index contributed by atoms with van der Waals surface area (Å²) in [5, 5.41) is 6.60. The van der Waals surface area contributed by atoms with Gasteiger partial charge in [0.25, 0.3) is 0 Å². The number of rotatable bonds is 4. The molecule has 0 radical (unpaired) electrons. The summed E-state index contributed by atoms with van der Waals surface area (Å²) in [5.74, 6) is -0.399. The average molecular weight is 314 g/mol. The van der Waals surface area contributed by atoms with E-state index in [1.807, 2.05) is 25.1 Å². The molecule has 0 bridgehead atoms. The van der Waals surface area contributed by atoms with E-state index in [1.54, 1.807) is 18.2 Å². The van der Waals surface area contributed by atoms with Crippen LogP contribution in [0, 0.1) is 6.92 Å². The molecule has 22 heavy (non-hydrogen) atoms. The molecule has 0 aliphatic rings. The monoisotopic (exact) mass is 314 g/mol. The van der Waals surface area contributed by atoms with Crippen LogP contribution in [0.25, 0.3) is 0 Å². The van der Waals surface area contributed by atoms with Crippen molar-refractivity contribution in [2.45, 2.75) is 13.5 Å². The molecule has 2 aromatic rings. The number of esters is 1. The topological polar surface area (TPSA) is 50.4 Å². The van der Waals surface area contributed by atoms with Crippen molar-refractivity contribution in [2.75, 3.05) is 12.4 Å². The molecular formula is C17H18N2O2S. The summed E-state index contributed by atoms with van der Waals surface area (Å²) in [6.07, 6.45) is 0. The maximum atomic E-state index is 11.7. The molecule has 0 saturated heterocycles. The van der Waals surface area contributed by atoms with Crippen molar-refractivity contribution in [3.63, 3.8) is 0 Å². The van der Waals surface area contributed by atoms with E-state index in [-0.39, 0.29) is 0 Å². The number of nitrogens with one attached hydrogen (secondary N) is 2. The van der Waals surface area contributed by atoms with Crippen LogP contribution < -0.4 is 10.6 Å². The van der Waals surface area contributed by atoms with Gasteiger partial charge >= 0.3 is 5.97 Å². The first-order chi connectivity index (χ1) is 10.6. The zero-order chi connectivity index (χ0) is 15.9. The first kappa shape index (κ1) is 16.0. The smallest absolute Gasteiger partial charge is 0.339 e. The second kappa shape index (κ2) is 7.56. The molecule has 0 saturated carbocycles. The summed E-state index contributed by atoms with van der Waals surface area (Å²) >= 11 is 5.27. The van der Waals surface area contributed by atoms with Crippen LogP contribution in [0.2, 0.25) is 0 Å². The Morgan fingerprint density at radius 1 is 1.14 bits per heavy atom. The van der Waals surface area contributed by atoms with Gasteiger partial charge in [0.05, 0.1) is 18.4 Å². The molecular weight excluding hydrogens is 296 g/mol. The minimum absolute atomic E-state index is 0.399. The molecule has 114 valence electrons. The van der Waals surface area contributed by atoms with Gasteiger partial charge in [0.2, 0.25) is 0 Å². The van der Waals surface area contributed by atoms with Gasteiger partial charge in [-0.25, -0.2) is 4.79 Å². The third-order valence-electron chi connectivity index (χ3n) is 3.15. The van der Waals surface area contributed by atoms with Gasteiger partial charge in [-0.05, 0) is 36.8 Å². The van der Waals surface area contributed by atoms with Crippen molar-refractivity contribution in [1.82, 2.24) is 5.32 Å². The highest BCUT2D eigenvalue weighted by atomic mass is 32.1. The van der Waals surface area contributed by atoms with Crippen LogP contribution in [0.15, 0.2) is 48.5 Å². The zero-order valence-corrected chi connectivity index (χ0v) is 13.4. The Kier molecular flexibility index (Phi) is 5.49. The number of methoxy groups -OCH3 is 1. The number of hydrogen-bond acceptors (Lipinski definition) is 3. The molecule has 0 aromatic heterocycles. The molecule has 0 amide bonds. The number of carbonyl (C=O) groups is 1. The standard InChI is InChI=1S/C17H18N2O2S/c1-12-7-9-13(10-8-12)11-18-17(22)19-15-6-4-3-5-14(15)16(20)21-2/h3-10H,11H2,1-2H3,(H2,18,19,22). The van der Waals surface area contributed by atoms with Crippen molar-refractivity contribution < 1.29 is 9.53 Å². The van der Waals surface area contributed by atoms with E-state index in [9.17, 15) is 4.79 Å². The van der Waals surface area contributed by atoms with E-state index >= 15 is 0 Å². The second-order valence-corrected chi connectivity index (χ2v) is 5.24. The third-order valence-corrected chi connectivity index (χ3v) is 3.40. The fourth-order valence-corrected chi connectivity index (χ4v) is 2.12. The van der Waals surface area contributed by atoms with Crippen molar-refractivity contribution in [2.24, 2.45) is 0 Å². The van der Waals surface area contributed by atoms with Gasteiger partial charge in [0, 0.05) is 6.54 Å². The molecule has 2 aromatic carbocycles. The lowest BCUT2D eigenvalue weighted by Crippen LogP contribution is -2.28. The number of carbonyl (C=O) groups excluding carboxylic acids is 1. The Balaban J connectivity index is 1.97. The van der Waals surface area contributed by atoms with Gasteiger partial charge in [0.1, 0.15) is 0 Å². The minimum Gasteiger partial charge on any atom is -0.465 e. The van der Waals surface area contributed by atoms with E-state index in [0.29, 0.717) is 22.9 Å². The molecule has 4 nitrogen and oxygen atoms in total. The van der Waals surface area contributed by atoms with Crippen LogP contribution >= 0.6 is 12.2 Å². The Morgan fingerprint density at radius 3 is 2.50 bits per heavy atom. The number of para-hydroxylation sites is 1. The lowest BCUT2D eigenvalue weighted by atomic mass is 10.1. The van der Waals surface area contributed by atoms with Crippen LogP contribution in [-0.2, 0) is 11.3 Å². The van der Waals surface area contributed by atoms with Gasteiger partial charge in [-0.2, -0.15) is 0 Å². The van der Waals surface area contributed by atoms with Gasteiger partial charge in [-0.15, -0.1) is 0 Å². The summed E-state index contributed by atoms with van der Waals surface area (Å²) in [5.41, 5.74) is 3.42. The van der Waals surface area contributed by atoms with Crippen LogP contribution in [0.4, 0.5) is 5.69 Å². The Labute approximate surface area is 135 Å². The predicted octanol–water partition coefficient (Wildman–Crippen LogP) is 3.27. The van der Waals surface area contributed by atoms with Crippen molar-refractivity contribution >= 4 is 29.0 Å². The first-order valence-corrected chi connectivity index (χ1v) is 7.28. The number of ether oxygens (including phenoxy) is 1. The number of hydrogen-bond donors (Lipinski definition) is 2. The average Bonchev–Trinajstić information content (AvgIpc) is 2.54. The quantitative estimate of drug-likeness (QED) is 0.670. The molecule has 0 atom stereocenters. The molecule has 0 unspecified atom stereocenters. The highest BCUT2D eigenvalue weighted by molar-refractivity contribution is 7.80. The third kappa shape index (κ3) is 4.30. The van der Waals surface area contributed by atoms with E-state index in [0.717, 1.165) is 5.56 Å². The number of benzene rings is 2. The molecule has 0 heterocycles. The minimum atomic E-state index is -0.399. The molecule has 0 aliphatic heterocycles. The van der Waals surface area contributed by atoms with Crippen molar-refractivity contribution in [3.05, 3.63) is 65.2 Å². The van der Waals surface area contributed by atoms with E-state index in [2.05, 4.69) is 22.8 Å². The van der Waals surface area contributed by atoms with E-state index < -0.39 is 5.97 Å². The van der Waals surface area contributed by atoms with Gasteiger partial charge in [-0.1, -0.05) is 42.0 Å². The molecule has 5 heteroatoms. The highest BCUT2D eigenvalue weighted by Gasteiger charge is 2.11. The Morgan fingerprint density at radius 2 is 1.82 bits per heavy atom. The Hall–Kier alpha value is -2.40. The van der Waals surface area contributed by atoms with E-state index in [1.165, 1.54) is 12.7 Å². The van der Waals surface area contributed by atoms with Crippen LogP contribution in [-0.4, -0.2) is 18.2 Å². The molecule has 0 fully saturated rings. The molecule has 2 rings (SSSR count). The largest absolute Gasteiger partial charge is 0.465 e. The summed E-state index contributed by atoms with van der Waals surface area (Å²) in [4.78, 5) is 11.7. The van der Waals surface area contributed by atoms with E-state index in [4.69, 9.17) is 17.0 Å². The fraction of sp³-hybridized carbons (Fsp3) is 0.176. The maximum Gasteiger partial charge on any atom is 0.339 e. The summed E-state index contributed by atoms with van der Waals surface area (Å²) in [7, 11) is 1.35. The number of thiocarbonyl (C=S) groups is 1. The normalized spacial score (nSPS) is 9.91. The van der Waals surface area contributed by atoms with Crippen molar-refractivity contribution in [1.29, 1.82) is 0 Å². The number of anilines is 1. The van der Waals surface area contributed by atoms with Crippen LogP contribution in [0.3, 0.4) is 0 Å². The SMILES string of the molecule is COC(=O)c1ccccc1NC(=S)NCc1ccc(C)cc1. The summed E-state index contributed by atoms with van der Waals surface area (Å²) in [6.45, 7) is 2.67. The molecule has 0 aliphatic carbocycles. The zero-order valence-electron chi connectivity index (χ0n) is 12.6. The Bertz CT molecular complexity index is 669. The highest BCUT2D eigenvalue weighted by Crippen LogP contribution is 2.15. The molecule has 2 N–H and O–H groups in total. The second-order valence-electron chi connectivity index (χ2n) is 4.83. The van der Waals surface area contributed by atoms with Crippen molar-refractivity contribution in [3.8, 4) is 0 Å². The fourth-order valence-electron chi connectivity index (χ4n) is 1.93. The summed E-state index contributed by atoms with van der Waals surface area (Å²) < 4.78 is 4.76. The lowest BCUT2D eigenvalue weighted by molar-refractivity contribution is 0.0602. The maximum absolute atomic E-state index is 11.7. The molecule has 0 spiro atoms. The van der Waals surface area contributed by atoms with Gasteiger partial charge in [-0.3, -0.25) is 0 Å². The lowest BCUT2D eigenvalue weighted by Gasteiger charge is -2.13.